The highest BCUT2D eigenvalue weighted by molar-refractivity contribution is 7.87. The van der Waals surface area contributed by atoms with Crippen LogP contribution in [-0.2, 0) is 19.7 Å². The Labute approximate surface area is 118 Å². The van der Waals surface area contributed by atoms with Crippen LogP contribution in [0.25, 0.3) is 0 Å². The Morgan fingerprint density at radius 2 is 1.17 bits per heavy atom. The van der Waals surface area contributed by atoms with Crippen LogP contribution in [0.3, 0.4) is 0 Å². The van der Waals surface area contributed by atoms with E-state index < -0.39 is 46.6 Å². The first kappa shape index (κ1) is 22.0. The Balaban J connectivity index is 6.13. The molecular formula is C6H2F12O4S. The van der Waals surface area contributed by atoms with E-state index >= 15 is 0 Å². The minimum Gasteiger partial charge on any atom is -0.284 e. The van der Waals surface area contributed by atoms with Gasteiger partial charge in [0.25, 0.3) is 0 Å². The Morgan fingerprint density at radius 3 is 1.43 bits per heavy atom. The molecule has 0 aliphatic rings. The minimum absolute atomic E-state index is 1.56. The van der Waals surface area contributed by atoms with Crippen LogP contribution in [0.2, 0.25) is 0 Å². The molecule has 23 heavy (non-hydrogen) atoms. The van der Waals surface area contributed by atoms with Gasteiger partial charge in [-0.3, -0.25) is 9.47 Å². The molecule has 0 radical (unpaired) electrons. The Morgan fingerprint density at radius 1 is 0.783 bits per heavy atom. The standard InChI is InChI=1S/C6H2F12O4S/c7-1-21-4(12,13)2(8,3(9,10)11)22-5(14,15)6(16,17)23(18,19)20/h1H2. The third-order valence-electron chi connectivity index (χ3n) is 1.89. The van der Waals surface area contributed by atoms with E-state index in [0.29, 0.717) is 0 Å². The number of ether oxygens (including phenoxy) is 2. The van der Waals surface area contributed by atoms with Gasteiger partial charge in [-0.2, -0.15) is 52.3 Å². The van der Waals surface area contributed by atoms with Gasteiger partial charge in [0.2, 0.25) is 0 Å². The predicted octanol–water partition coefficient (Wildman–Crippen LogP) is 3.25. The molecule has 0 bridgehead atoms. The molecule has 0 aromatic carbocycles. The van der Waals surface area contributed by atoms with Crippen molar-refractivity contribution in [2.75, 3.05) is 6.86 Å². The molecule has 1 atom stereocenters. The maximum absolute atomic E-state index is 13.2. The van der Waals surface area contributed by atoms with Crippen LogP contribution in [0.5, 0.6) is 0 Å². The maximum Gasteiger partial charge on any atom is 0.464 e. The van der Waals surface area contributed by atoms with Crippen molar-refractivity contribution in [2.45, 2.75) is 29.5 Å². The minimum atomic E-state index is -7.74. The molecule has 140 valence electrons. The van der Waals surface area contributed by atoms with Gasteiger partial charge in [0.15, 0.2) is 6.86 Å². The van der Waals surface area contributed by atoms with E-state index in [1.54, 1.807) is 4.74 Å². The number of hydrogen-bond donors (Lipinski definition) is 0. The highest BCUT2D eigenvalue weighted by atomic mass is 32.3. The number of hydrogen-bond acceptors (Lipinski definition) is 4. The van der Waals surface area contributed by atoms with Crippen LogP contribution in [0.1, 0.15) is 0 Å². The van der Waals surface area contributed by atoms with Gasteiger partial charge in [-0.25, -0.2) is 4.39 Å². The summed E-state index contributed by atoms with van der Waals surface area (Å²) in [5.74, 6) is -7.16. The molecular weight excluding hydrogens is 396 g/mol. The fourth-order valence-corrected chi connectivity index (χ4v) is 1.15. The highest BCUT2D eigenvalue weighted by Crippen LogP contribution is 2.52. The zero-order valence-corrected chi connectivity index (χ0v) is 10.6. The molecule has 0 amide bonds. The lowest BCUT2D eigenvalue weighted by molar-refractivity contribution is -0.514. The van der Waals surface area contributed by atoms with E-state index in [9.17, 15) is 60.6 Å². The van der Waals surface area contributed by atoms with Crippen molar-refractivity contribution in [3.63, 3.8) is 0 Å². The van der Waals surface area contributed by atoms with Gasteiger partial charge in [-0.1, -0.05) is 3.89 Å². The predicted molar refractivity (Wildman–Crippen MR) is 42.9 cm³/mol. The summed E-state index contributed by atoms with van der Waals surface area (Å²) in [6, 6.07) is 0. The molecule has 0 saturated heterocycles. The van der Waals surface area contributed by atoms with Gasteiger partial charge in [0.05, 0.1) is 0 Å². The summed E-state index contributed by atoms with van der Waals surface area (Å²) < 4.78 is 172. The first-order valence-electron chi connectivity index (χ1n) is 4.50. The first-order valence-corrected chi connectivity index (χ1v) is 5.88. The van der Waals surface area contributed by atoms with E-state index in [4.69, 9.17) is 0 Å². The Hall–Kier alpha value is -0.970. The van der Waals surface area contributed by atoms with Crippen molar-refractivity contribution < 1.29 is 70.1 Å². The molecule has 0 aliphatic heterocycles. The lowest BCUT2D eigenvalue weighted by atomic mass is 10.2. The van der Waals surface area contributed by atoms with Crippen molar-refractivity contribution in [1.82, 2.24) is 0 Å². The van der Waals surface area contributed by atoms with Crippen molar-refractivity contribution in [1.29, 1.82) is 0 Å². The molecule has 0 rings (SSSR count). The third-order valence-corrected chi connectivity index (χ3v) is 2.74. The van der Waals surface area contributed by atoms with Crippen LogP contribution < -0.4 is 0 Å². The zero-order valence-electron chi connectivity index (χ0n) is 9.78. The molecule has 4 nitrogen and oxygen atoms in total. The van der Waals surface area contributed by atoms with Gasteiger partial charge in [0.1, 0.15) is 0 Å². The molecule has 0 spiro atoms. The molecule has 0 heterocycles. The third kappa shape index (κ3) is 3.76. The van der Waals surface area contributed by atoms with Gasteiger partial charge >= 0.3 is 39.7 Å². The van der Waals surface area contributed by atoms with E-state index in [2.05, 4.69) is 4.74 Å². The summed E-state index contributed by atoms with van der Waals surface area (Å²) in [5, 5.41) is -7.20. The van der Waals surface area contributed by atoms with Crippen molar-refractivity contribution in [3.8, 4) is 0 Å². The lowest BCUT2D eigenvalue weighted by Crippen LogP contribution is -2.64. The van der Waals surface area contributed by atoms with Gasteiger partial charge in [0, 0.05) is 0 Å². The molecule has 0 N–H and O–H groups in total. The monoisotopic (exact) mass is 398 g/mol. The normalized spacial score (nSPS) is 17.9. The van der Waals surface area contributed by atoms with Crippen molar-refractivity contribution >= 4 is 10.2 Å². The van der Waals surface area contributed by atoms with Crippen LogP contribution in [0.15, 0.2) is 0 Å². The zero-order chi connectivity index (χ0) is 19.1. The van der Waals surface area contributed by atoms with E-state index in [1.165, 1.54) is 0 Å². The SMILES string of the molecule is O=S(=O)(F)C(F)(F)C(F)(F)OC(F)(C(F)(F)F)C(F)(F)OCF. The quantitative estimate of drug-likeness (QED) is 0.488. The molecule has 0 aromatic rings. The summed E-state index contributed by atoms with van der Waals surface area (Å²) in [4.78, 5) is 0. The largest absolute Gasteiger partial charge is 0.464 e. The van der Waals surface area contributed by atoms with Gasteiger partial charge < -0.3 is 0 Å². The topological polar surface area (TPSA) is 52.6 Å². The number of alkyl halides is 11. The summed E-state index contributed by atoms with van der Waals surface area (Å²) in [6.45, 7) is -2.93. The van der Waals surface area contributed by atoms with Crippen molar-refractivity contribution in [2.24, 2.45) is 0 Å². The van der Waals surface area contributed by atoms with Crippen LogP contribution in [-0.4, -0.2) is 44.8 Å². The van der Waals surface area contributed by atoms with E-state index in [0.717, 1.165) is 0 Å². The molecule has 0 fully saturated rings. The maximum atomic E-state index is 13.2. The highest BCUT2D eigenvalue weighted by Gasteiger charge is 2.81. The lowest BCUT2D eigenvalue weighted by Gasteiger charge is -2.36. The summed E-state index contributed by atoms with van der Waals surface area (Å²) in [7, 11) is -7.74. The molecule has 0 aliphatic carbocycles. The summed E-state index contributed by atoms with van der Waals surface area (Å²) in [6.07, 6.45) is -21.3. The fraction of sp³-hybridized carbons (Fsp3) is 1.00. The molecule has 1 unspecified atom stereocenters. The van der Waals surface area contributed by atoms with Crippen molar-refractivity contribution in [3.05, 3.63) is 0 Å². The van der Waals surface area contributed by atoms with Crippen LogP contribution >= 0.6 is 0 Å². The Bertz CT molecular complexity index is 526. The average Bonchev–Trinajstić information content (AvgIpc) is 2.24. The van der Waals surface area contributed by atoms with E-state index in [1.807, 2.05) is 0 Å². The van der Waals surface area contributed by atoms with Crippen LogP contribution in [0, 0.1) is 0 Å². The second kappa shape index (κ2) is 5.83. The first-order chi connectivity index (χ1) is 9.77. The molecule has 0 saturated carbocycles. The second-order valence-electron chi connectivity index (χ2n) is 3.44. The number of rotatable bonds is 7. The summed E-state index contributed by atoms with van der Waals surface area (Å²) >= 11 is 0. The smallest absolute Gasteiger partial charge is 0.284 e. The van der Waals surface area contributed by atoms with Crippen LogP contribution in [0.4, 0.5) is 52.2 Å². The Kier molecular flexibility index (Phi) is 5.59. The van der Waals surface area contributed by atoms with Gasteiger partial charge in [-0.05, 0) is 0 Å². The van der Waals surface area contributed by atoms with E-state index in [-0.39, 0.29) is 0 Å². The van der Waals surface area contributed by atoms with Gasteiger partial charge in [-0.15, -0.1) is 0 Å². The summed E-state index contributed by atoms with van der Waals surface area (Å²) in [5.41, 5.74) is 0. The second-order valence-corrected chi connectivity index (χ2v) is 4.83. The molecule has 0 aromatic heterocycles. The fourth-order valence-electron chi connectivity index (χ4n) is 0.822. The number of halogens is 12. The molecule has 17 heteroatoms. The average molecular weight is 398 g/mol.